The Morgan fingerprint density at radius 2 is 0.596 bits per heavy atom. The first-order valence-corrected chi connectivity index (χ1v) is 22.2. The van der Waals surface area contributed by atoms with Gasteiger partial charge in [-0.1, -0.05) is 202 Å². The summed E-state index contributed by atoms with van der Waals surface area (Å²) >= 11 is 0. The normalized spacial score (nSPS) is 11.7. The molecule has 2 nitrogen and oxygen atoms in total. The van der Waals surface area contributed by atoms with Crippen LogP contribution in [0.4, 0.5) is 0 Å². The van der Waals surface area contributed by atoms with Gasteiger partial charge in [0.1, 0.15) is 0 Å². The van der Waals surface area contributed by atoms with Crippen LogP contribution in [0.25, 0.3) is 0 Å². The summed E-state index contributed by atoms with van der Waals surface area (Å²) in [5, 5.41) is 0. The van der Waals surface area contributed by atoms with E-state index >= 15 is 0 Å². The van der Waals surface area contributed by atoms with Gasteiger partial charge >= 0.3 is 0 Å². The van der Waals surface area contributed by atoms with E-state index in [2.05, 4.69) is 38.2 Å². The summed E-state index contributed by atoms with van der Waals surface area (Å²) in [5.74, 6) is -0.824. The molecule has 0 heterocycles. The SMILES string of the molecule is CCCCCCCC/C=C\CCCCCCCCc1ccc(C(=O)C(=O)c2ccc(CCCCCCCC/C=C\CCCCCCCC)cc2)cc1. The van der Waals surface area contributed by atoms with Gasteiger partial charge in [0.2, 0.25) is 11.6 Å². The van der Waals surface area contributed by atoms with Crippen molar-refractivity contribution in [2.45, 2.75) is 206 Å². The summed E-state index contributed by atoms with van der Waals surface area (Å²) in [6.07, 6.45) is 48.5. The van der Waals surface area contributed by atoms with E-state index in [1.54, 1.807) is 0 Å². The van der Waals surface area contributed by atoms with Crippen LogP contribution in [0.15, 0.2) is 72.8 Å². The number of hydrogen-bond acceptors (Lipinski definition) is 2. The number of carbonyl (C=O) groups excluding carboxylic acids is 2. The van der Waals surface area contributed by atoms with Gasteiger partial charge in [0, 0.05) is 11.1 Å². The van der Waals surface area contributed by atoms with Gasteiger partial charge in [0.25, 0.3) is 0 Å². The van der Waals surface area contributed by atoms with E-state index in [0.29, 0.717) is 11.1 Å². The minimum absolute atomic E-state index is 0.412. The molecule has 52 heavy (non-hydrogen) atoms. The van der Waals surface area contributed by atoms with E-state index in [1.807, 2.05) is 48.5 Å². The number of Topliss-reactive ketones (excluding diaryl/α,β-unsaturated/α-hetero) is 2. The fourth-order valence-corrected chi connectivity index (χ4v) is 7.06. The summed E-state index contributed by atoms with van der Waals surface area (Å²) < 4.78 is 0. The zero-order chi connectivity index (χ0) is 37.2. The van der Waals surface area contributed by atoms with Crippen LogP contribution in [0.2, 0.25) is 0 Å². The lowest BCUT2D eigenvalue weighted by molar-refractivity contribution is 0.0817. The zero-order valence-corrected chi connectivity index (χ0v) is 34.0. The number of rotatable bonds is 35. The average molecular weight is 711 g/mol. The highest BCUT2D eigenvalue weighted by atomic mass is 16.2. The first-order chi connectivity index (χ1) is 25.7. The quantitative estimate of drug-likeness (QED) is 0.0309. The highest BCUT2D eigenvalue weighted by Crippen LogP contribution is 2.17. The predicted octanol–water partition coefficient (Wildman–Crippen LogP) is 15.9. The smallest absolute Gasteiger partial charge is 0.233 e. The molecule has 2 heteroatoms. The molecular formula is C50H78O2. The molecule has 0 bridgehead atoms. The Morgan fingerprint density at radius 3 is 0.885 bits per heavy atom. The van der Waals surface area contributed by atoms with Gasteiger partial charge in [-0.25, -0.2) is 0 Å². The van der Waals surface area contributed by atoms with E-state index in [4.69, 9.17) is 0 Å². The summed E-state index contributed by atoms with van der Waals surface area (Å²) in [6, 6.07) is 15.4. The third-order valence-electron chi connectivity index (χ3n) is 10.6. The third kappa shape index (κ3) is 23.7. The molecule has 0 aliphatic rings. The van der Waals surface area contributed by atoms with Crippen LogP contribution in [0.3, 0.4) is 0 Å². The molecule has 2 rings (SSSR count). The van der Waals surface area contributed by atoms with Crippen molar-refractivity contribution in [2.75, 3.05) is 0 Å². The fourth-order valence-electron chi connectivity index (χ4n) is 7.06. The summed E-state index contributed by atoms with van der Waals surface area (Å²) in [4.78, 5) is 25.9. The lowest BCUT2D eigenvalue weighted by Crippen LogP contribution is -2.14. The standard InChI is InChI=1S/C50H78O2/c1-3-5-7-9-11-13-15-17-19-21-23-25-27-29-31-33-35-45-37-41-47(42-38-45)49(51)50(52)48-43-39-46(40-44-48)36-34-32-30-28-26-24-22-20-18-16-14-12-10-8-6-4-2/h17-20,37-44H,3-16,21-36H2,1-2H3/b19-17-,20-18-. The number of carbonyl (C=O) groups is 2. The largest absolute Gasteiger partial charge is 0.285 e. The van der Waals surface area contributed by atoms with E-state index < -0.39 is 11.6 Å². The number of aryl methyl sites for hydroxylation is 2. The van der Waals surface area contributed by atoms with Gasteiger partial charge in [0.15, 0.2) is 0 Å². The van der Waals surface area contributed by atoms with Gasteiger partial charge in [-0.05, 0) is 88.2 Å². The Morgan fingerprint density at radius 1 is 0.346 bits per heavy atom. The highest BCUT2D eigenvalue weighted by molar-refractivity contribution is 6.49. The summed E-state index contributed by atoms with van der Waals surface area (Å²) in [6.45, 7) is 4.55. The van der Waals surface area contributed by atoms with E-state index in [-0.39, 0.29) is 0 Å². The van der Waals surface area contributed by atoms with Gasteiger partial charge in [-0.15, -0.1) is 0 Å². The van der Waals surface area contributed by atoms with Crippen molar-refractivity contribution in [3.8, 4) is 0 Å². The number of ketones is 2. The molecule has 0 amide bonds. The Labute approximate surface area is 321 Å². The second-order valence-electron chi connectivity index (χ2n) is 15.4. The molecule has 0 saturated carbocycles. The van der Waals surface area contributed by atoms with E-state index in [0.717, 1.165) is 12.8 Å². The van der Waals surface area contributed by atoms with Crippen LogP contribution >= 0.6 is 0 Å². The monoisotopic (exact) mass is 711 g/mol. The molecule has 0 spiro atoms. The molecule has 0 N–H and O–H groups in total. The molecule has 0 radical (unpaired) electrons. The highest BCUT2D eigenvalue weighted by Gasteiger charge is 2.18. The lowest BCUT2D eigenvalue weighted by atomic mass is 9.97. The van der Waals surface area contributed by atoms with Crippen LogP contribution in [0, 0.1) is 0 Å². The molecule has 0 atom stereocenters. The molecule has 0 aliphatic heterocycles. The number of unbranched alkanes of at least 4 members (excludes halogenated alkanes) is 24. The third-order valence-corrected chi connectivity index (χ3v) is 10.6. The van der Waals surface area contributed by atoms with Gasteiger partial charge in [-0.2, -0.15) is 0 Å². The van der Waals surface area contributed by atoms with Crippen LogP contribution in [0.5, 0.6) is 0 Å². The topological polar surface area (TPSA) is 34.1 Å². The molecule has 0 fully saturated rings. The van der Waals surface area contributed by atoms with Crippen molar-refractivity contribution < 1.29 is 9.59 Å². The van der Waals surface area contributed by atoms with E-state index in [9.17, 15) is 9.59 Å². The van der Waals surface area contributed by atoms with Crippen molar-refractivity contribution in [2.24, 2.45) is 0 Å². The summed E-state index contributed by atoms with van der Waals surface area (Å²) in [5.41, 5.74) is 3.47. The van der Waals surface area contributed by atoms with Gasteiger partial charge in [0.05, 0.1) is 0 Å². The molecule has 2 aromatic carbocycles. The van der Waals surface area contributed by atoms with Crippen molar-refractivity contribution >= 4 is 11.6 Å². The van der Waals surface area contributed by atoms with Gasteiger partial charge < -0.3 is 0 Å². The second kappa shape index (κ2) is 32.9. The average Bonchev–Trinajstić information content (AvgIpc) is 3.17. The number of hydrogen-bond donors (Lipinski definition) is 0. The maximum atomic E-state index is 12.9. The van der Waals surface area contributed by atoms with Crippen LogP contribution in [0.1, 0.15) is 225 Å². The Balaban J connectivity index is 1.48. The van der Waals surface area contributed by atoms with Crippen LogP contribution < -0.4 is 0 Å². The maximum absolute atomic E-state index is 12.9. The van der Waals surface area contributed by atoms with E-state index in [1.165, 1.54) is 191 Å². The van der Waals surface area contributed by atoms with Gasteiger partial charge in [-0.3, -0.25) is 9.59 Å². The first kappa shape index (κ1) is 45.4. The molecule has 0 aromatic heterocycles. The predicted molar refractivity (Wildman–Crippen MR) is 228 cm³/mol. The maximum Gasteiger partial charge on any atom is 0.233 e. The number of benzene rings is 2. The molecule has 0 aliphatic carbocycles. The zero-order valence-electron chi connectivity index (χ0n) is 34.0. The molecule has 2 aromatic rings. The Hall–Kier alpha value is -2.74. The number of allylic oxidation sites excluding steroid dienone is 4. The van der Waals surface area contributed by atoms with Crippen molar-refractivity contribution in [3.05, 3.63) is 95.1 Å². The Kier molecular flexibility index (Phi) is 28.7. The molecule has 290 valence electrons. The van der Waals surface area contributed by atoms with Crippen LogP contribution in [-0.4, -0.2) is 11.6 Å². The first-order valence-electron chi connectivity index (χ1n) is 22.2. The molecular weight excluding hydrogens is 633 g/mol. The van der Waals surface area contributed by atoms with Crippen molar-refractivity contribution in [3.63, 3.8) is 0 Å². The van der Waals surface area contributed by atoms with Crippen LogP contribution in [-0.2, 0) is 12.8 Å². The van der Waals surface area contributed by atoms with Crippen molar-refractivity contribution in [1.29, 1.82) is 0 Å². The fraction of sp³-hybridized carbons (Fsp3) is 0.640. The van der Waals surface area contributed by atoms with Crippen molar-refractivity contribution in [1.82, 2.24) is 0 Å². The molecule has 0 unspecified atom stereocenters. The Bertz CT molecular complexity index is 1090. The molecule has 0 saturated heterocycles. The second-order valence-corrected chi connectivity index (χ2v) is 15.4. The minimum atomic E-state index is -0.412. The summed E-state index contributed by atoms with van der Waals surface area (Å²) in [7, 11) is 0. The minimum Gasteiger partial charge on any atom is -0.285 e. The lowest BCUT2D eigenvalue weighted by Gasteiger charge is -2.06.